The third kappa shape index (κ3) is 18.8. The number of carbonyl (C=O) groups is 1. The van der Waals surface area contributed by atoms with Gasteiger partial charge in [-0.2, -0.15) is 15.5 Å². The molecule has 26 heteroatoms. The number of carbonyl (C=O) groups excluding carboxylic acids is 1. The number of nitrogens with one attached hydrogen (secondary N) is 1. The Balaban J connectivity index is 0.00000901. The van der Waals surface area contributed by atoms with E-state index in [4.69, 9.17) is 23.2 Å². The van der Waals surface area contributed by atoms with Gasteiger partial charge in [0.05, 0.1) is 64.5 Å². The minimum Gasteiger partial charge on any atom is -0.748 e. The van der Waals surface area contributed by atoms with Crippen molar-refractivity contribution >= 4 is 77.0 Å². The van der Waals surface area contributed by atoms with E-state index < -0.39 is 76.0 Å². The van der Waals surface area contributed by atoms with E-state index in [-0.39, 0.29) is 203 Å². The average molecular weight is 939 g/mol. The predicted octanol–water partition coefficient (Wildman–Crippen LogP) is -6.59. The van der Waals surface area contributed by atoms with Crippen molar-refractivity contribution in [3.8, 4) is 6.07 Å². The number of nitriles is 1. The molecule has 0 bridgehead atoms. The van der Waals surface area contributed by atoms with Crippen LogP contribution in [-0.2, 0) is 35.1 Å². The van der Waals surface area contributed by atoms with E-state index in [1.165, 1.54) is 23.4 Å². The zero-order chi connectivity index (χ0) is 37.4. The fourth-order valence-electron chi connectivity index (χ4n) is 6.41. The van der Waals surface area contributed by atoms with Gasteiger partial charge >= 0.3 is 154 Å². The van der Waals surface area contributed by atoms with Crippen LogP contribution in [0.15, 0.2) is 15.3 Å². The van der Waals surface area contributed by atoms with Gasteiger partial charge in [-0.3, -0.25) is 4.79 Å². The van der Waals surface area contributed by atoms with Gasteiger partial charge in [0, 0.05) is 24.5 Å². The van der Waals surface area contributed by atoms with Crippen LogP contribution in [0.5, 0.6) is 0 Å². The molecule has 5 unspecified atom stereocenters. The minimum absolute atomic E-state index is 0. The summed E-state index contributed by atoms with van der Waals surface area (Å²) in [6.07, 6.45) is 3.67. The third-order valence-electron chi connectivity index (χ3n) is 8.74. The molecule has 1 aromatic rings. The molecule has 0 aliphatic heterocycles. The number of hydrogen-bond donors (Lipinski definition) is 1. The van der Waals surface area contributed by atoms with Gasteiger partial charge in [0.1, 0.15) is 16.7 Å². The summed E-state index contributed by atoms with van der Waals surface area (Å²) < 4.78 is 103. The molecule has 0 aromatic carbocycles. The number of rotatable bonds is 17. The quantitative estimate of drug-likeness (QED) is 0.0380. The van der Waals surface area contributed by atoms with Gasteiger partial charge in [0.2, 0.25) is 5.91 Å². The molecule has 2 fully saturated rings. The molecule has 1 N–H and O–H groups in total. The molecule has 284 valence electrons. The summed E-state index contributed by atoms with van der Waals surface area (Å²) in [5, 5.41) is 23.5. The average Bonchev–Trinajstić information content (AvgIpc) is 3.34. The van der Waals surface area contributed by atoms with Crippen LogP contribution in [0.2, 0.25) is 0 Å². The van der Waals surface area contributed by atoms with Gasteiger partial charge in [-0.15, -0.1) is 40.1 Å². The maximum Gasteiger partial charge on any atom is 1.00 e. The van der Waals surface area contributed by atoms with Crippen LogP contribution in [0.4, 0.5) is 5.82 Å². The standard InChI is InChI=1S/C27H43Cl2N7O10S4.3K/c1-17(37)31-24-13-18(35(9-3-5-11-48(38,39)40)10-4-6-12-49(41,42)43)7-8-23(24)32-33-26-20(16-30)27(47-2)34-36(26)25-21(28)14-19(15-22(25)29)50(44,45)46;;;/h18-19,21-25H,3-15H2,1-2H3,(H,31,37)(H,38,39,40)(H,41,42,43)(H,44,45,46);;;/q;3*+1/p-3. The number of unbranched alkanes of at least 4 members (excludes halogenated alkanes) is 2. The molecule has 2 aliphatic carbocycles. The van der Waals surface area contributed by atoms with Crippen molar-refractivity contribution in [1.82, 2.24) is 20.0 Å². The number of thioether (sulfide) groups is 1. The van der Waals surface area contributed by atoms with Crippen molar-refractivity contribution in [1.29, 1.82) is 5.26 Å². The van der Waals surface area contributed by atoms with Crippen molar-refractivity contribution in [3.05, 3.63) is 5.56 Å². The fourth-order valence-corrected chi connectivity index (χ4v) is 10.2. The molecule has 1 aromatic heterocycles. The normalized spacial score (nSPS) is 25.2. The van der Waals surface area contributed by atoms with Gasteiger partial charge in [0.25, 0.3) is 0 Å². The van der Waals surface area contributed by atoms with Crippen LogP contribution in [-0.4, -0.2) is 124 Å². The Morgan fingerprint density at radius 2 is 1.49 bits per heavy atom. The van der Waals surface area contributed by atoms with Crippen molar-refractivity contribution in [2.45, 2.75) is 110 Å². The summed E-state index contributed by atoms with van der Waals surface area (Å²) in [6.45, 7) is 2.12. The van der Waals surface area contributed by atoms with Crippen molar-refractivity contribution in [3.63, 3.8) is 0 Å². The minimum atomic E-state index is -4.66. The van der Waals surface area contributed by atoms with Crippen LogP contribution in [0.3, 0.4) is 0 Å². The maximum absolute atomic E-state index is 12.3. The molecule has 0 saturated heterocycles. The summed E-state index contributed by atoms with van der Waals surface area (Å²) in [5.41, 5.74) is 0.0867. The van der Waals surface area contributed by atoms with E-state index in [1.54, 1.807) is 6.26 Å². The molecule has 5 atom stereocenters. The van der Waals surface area contributed by atoms with E-state index in [0.717, 1.165) is 0 Å². The van der Waals surface area contributed by atoms with E-state index in [0.29, 0.717) is 50.2 Å². The second-order valence-corrected chi connectivity index (χ2v) is 19.0. The maximum atomic E-state index is 12.3. The van der Waals surface area contributed by atoms with Crippen molar-refractivity contribution < 1.29 is 198 Å². The second kappa shape index (κ2) is 25.9. The Bertz CT molecular complexity index is 1700. The number of nitrogens with zero attached hydrogens (tertiary/aromatic N) is 6. The van der Waals surface area contributed by atoms with E-state index in [2.05, 4.69) is 26.7 Å². The fraction of sp³-hybridized carbons (Fsp3) is 0.815. The zero-order valence-corrected chi connectivity index (χ0v) is 44.5. The molecule has 3 rings (SSSR count). The SMILES string of the molecule is CSc1nn(C2C(Cl)CC(S(=O)(=O)[O-])CC2Cl)c(N=NC2CCC(N(CCCCS(=O)(=O)[O-])CCCCS(=O)(=O)[O-])CC2NC(C)=O)c1C#N.[K+].[K+].[K+]. The second-order valence-electron chi connectivity index (χ2n) is 12.4. The van der Waals surface area contributed by atoms with Crippen molar-refractivity contribution in [2.75, 3.05) is 30.9 Å². The molecule has 2 saturated carbocycles. The van der Waals surface area contributed by atoms with E-state index in [9.17, 15) is 49.0 Å². The first-order valence-electron chi connectivity index (χ1n) is 15.8. The Labute approximate surface area is 453 Å². The monoisotopic (exact) mass is 937 g/mol. The Hall–Kier alpha value is 3.30. The molecule has 17 nitrogen and oxygen atoms in total. The van der Waals surface area contributed by atoms with Crippen LogP contribution in [0.25, 0.3) is 0 Å². The molecule has 1 heterocycles. The first kappa shape index (κ1) is 56.3. The van der Waals surface area contributed by atoms with Gasteiger partial charge in [-0.1, -0.05) is 0 Å². The topological polar surface area (TPSA) is 270 Å². The summed E-state index contributed by atoms with van der Waals surface area (Å²) >= 11 is 14.3. The van der Waals surface area contributed by atoms with Gasteiger partial charge in [0.15, 0.2) is 5.82 Å². The van der Waals surface area contributed by atoms with E-state index in [1.807, 2.05) is 4.90 Å². The van der Waals surface area contributed by atoms with Gasteiger partial charge < -0.3 is 23.9 Å². The number of hydrogen-bond acceptors (Lipinski definition) is 16. The number of aromatic nitrogens is 2. The van der Waals surface area contributed by atoms with E-state index >= 15 is 0 Å². The van der Waals surface area contributed by atoms with Crippen LogP contribution >= 0.6 is 35.0 Å². The Morgan fingerprint density at radius 1 is 0.962 bits per heavy atom. The van der Waals surface area contributed by atoms with Crippen LogP contribution in [0.1, 0.15) is 76.3 Å². The van der Waals surface area contributed by atoms with Gasteiger partial charge in [-0.25, -0.2) is 29.9 Å². The predicted molar refractivity (Wildman–Crippen MR) is 182 cm³/mol. The summed E-state index contributed by atoms with van der Waals surface area (Å²) in [4.78, 5) is 14.3. The number of halogens is 2. The first-order chi connectivity index (χ1) is 23.2. The van der Waals surface area contributed by atoms with Gasteiger partial charge in [-0.05, 0) is 77.1 Å². The molecular formula is C27H40Cl2K3N7O10S4. The van der Waals surface area contributed by atoms with Crippen molar-refractivity contribution in [2.24, 2.45) is 10.2 Å². The zero-order valence-electron chi connectivity index (χ0n) is 30.4. The smallest absolute Gasteiger partial charge is 0.748 e. The van der Waals surface area contributed by atoms with Crippen LogP contribution in [0, 0.1) is 11.3 Å². The first-order valence-corrected chi connectivity index (χ1v) is 22.5. The van der Waals surface area contributed by atoms with Crippen LogP contribution < -0.4 is 159 Å². The molecular weight excluding hydrogens is 899 g/mol. The summed E-state index contributed by atoms with van der Waals surface area (Å²) in [5.74, 6) is -1.35. The third-order valence-corrected chi connectivity index (χ3v) is 13.1. The number of azo groups is 1. The molecule has 53 heavy (non-hydrogen) atoms. The largest absolute Gasteiger partial charge is 1.00 e. The molecule has 2 aliphatic rings. The Morgan fingerprint density at radius 3 is 1.92 bits per heavy atom. The summed E-state index contributed by atoms with van der Waals surface area (Å²) in [7, 11) is -13.4. The molecule has 0 spiro atoms. The summed E-state index contributed by atoms with van der Waals surface area (Å²) in [6, 6.07) is -0.0192. The molecule has 0 radical (unpaired) electrons. The number of amides is 1. The Kier molecular flexibility index (Phi) is 27.5. The number of alkyl halides is 2. The molecule has 1 amide bonds.